The second-order valence-electron chi connectivity index (χ2n) is 3.62. The number of phenols is 1. The Morgan fingerprint density at radius 3 is 2.56 bits per heavy atom. The molecule has 1 aromatic carbocycles. The van der Waals surface area contributed by atoms with Crippen molar-refractivity contribution in [1.29, 1.82) is 0 Å². The number of nitro benzene ring substituents is 1. The average Bonchev–Trinajstić information content (AvgIpc) is 2.27. The second-order valence-corrected chi connectivity index (χ2v) is 3.62. The van der Waals surface area contributed by atoms with Crippen LogP contribution in [0.25, 0.3) is 0 Å². The molecule has 0 saturated carbocycles. The number of rotatable bonds is 5. The van der Waals surface area contributed by atoms with Crippen molar-refractivity contribution in [3.63, 3.8) is 0 Å². The summed E-state index contributed by atoms with van der Waals surface area (Å²) in [5, 5.41) is 23.1. The third kappa shape index (κ3) is 2.85. The molecule has 0 unspecified atom stereocenters. The Bertz CT molecular complexity index is 375. The summed E-state index contributed by atoms with van der Waals surface area (Å²) in [6.07, 6.45) is 1.79. The molecule has 0 bridgehead atoms. The summed E-state index contributed by atoms with van der Waals surface area (Å²) in [6, 6.07) is 4.34. The molecule has 0 radical (unpaired) electrons. The lowest BCUT2D eigenvalue weighted by Crippen LogP contribution is -2.17. The first-order valence-corrected chi connectivity index (χ1v) is 5.32. The molecule has 0 spiro atoms. The zero-order valence-electron chi connectivity index (χ0n) is 9.43. The van der Waals surface area contributed by atoms with Gasteiger partial charge in [0.1, 0.15) is 11.4 Å². The van der Waals surface area contributed by atoms with E-state index in [1.807, 2.05) is 13.8 Å². The van der Waals surface area contributed by atoms with Crippen molar-refractivity contribution >= 4 is 11.4 Å². The standard InChI is InChI=1S/C11H16N2O3/c1-3-8(4-2)12-10-6-5-9(14)7-11(10)13(15)16/h5-8,12,14H,3-4H2,1-2H3. The molecule has 0 aliphatic rings. The molecular formula is C11H16N2O3. The molecule has 1 rings (SSSR count). The highest BCUT2D eigenvalue weighted by Crippen LogP contribution is 2.29. The maximum Gasteiger partial charge on any atom is 0.296 e. The maximum atomic E-state index is 10.8. The second kappa shape index (κ2) is 5.34. The van der Waals surface area contributed by atoms with Gasteiger partial charge < -0.3 is 10.4 Å². The Hall–Kier alpha value is -1.78. The number of hydrogen-bond acceptors (Lipinski definition) is 4. The molecule has 0 aliphatic heterocycles. The van der Waals surface area contributed by atoms with Crippen LogP contribution in [0.15, 0.2) is 18.2 Å². The van der Waals surface area contributed by atoms with Crippen LogP contribution < -0.4 is 5.32 Å². The topological polar surface area (TPSA) is 75.4 Å². The van der Waals surface area contributed by atoms with Gasteiger partial charge in [0.05, 0.1) is 11.0 Å². The van der Waals surface area contributed by atoms with E-state index in [-0.39, 0.29) is 17.5 Å². The number of nitro groups is 1. The van der Waals surface area contributed by atoms with Crippen molar-refractivity contribution in [2.45, 2.75) is 32.7 Å². The third-order valence-corrected chi connectivity index (χ3v) is 2.52. The van der Waals surface area contributed by atoms with Gasteiger partial charge >= 0.3 is 0 Å². The van der Waals surface area contributed by atoms with Crippen molar-refractivity contribution < 1.29 is 10.0 Å². The van der Waals surface area contributed by atoms with E-state index in [1.54, 1.807) is 0 Å². The summed E-state index contributed by atoms with van der Waals surface area (Å²) in [4.78, 5) is 10.3. The van der Waals surface area contributed by atoms with Crippen LogP contribution in [0.5, 0.6) is 5.75 Å². The third-order valence-electron chi connectivity index (χ3n) is 2.52. The molecule has 1 aromatic rings. The van der Waals surface area contributed by atoms with Gasteiger partial charge in [-0.25, -0.2) is 0 Å². The van der Waals surface area contributed by atoms with Gasteiger partial charge in [-0.1, -0.05) is 13.8 Å². The lowest BCUT2D eigenvalue weighted by atomic mass is 10.1. The number of phenolic OH excluding ortho intramolecular Hbond substituents is 1. The normalized spacial score (nSPS) is 10.4. The molecule has 5 heteroatoms. The first kappa shape index (κ1) is 12.3. The summed E-state index contributed by atoms with van der Waals surface area (Å²) >= 11 is 0. The molecule has 88 valence electrons. The van der Waals surface area contributed by atoms with Gasteiger partial charge in [0.15, 0.2) is 0 Å². The smallest absolute Gasteiger partial charge is 0.296 e. The van der Waals surface area contributed by atoms with Gasteiger partial charge in [-0.2, -0.15) is 0 Å². The lowest BCUT2D eigenvalue weighted by molar-refractivity contribution is -0.384. The first-order chi connectivity index (χ1) is 7.58. The number of benzene rings is 1. The Kier molecular flexibility index (Phi) is 4.10. The molecule has 0 amide bonds. The fourth-order valence-corrected chi connectivity index (χ4v) is 1.51. The van der Waals surface area contributed by atoms with Crippen LogP contribution in [0.3, 0.4) is 0 Å². The molecular weight excluding hydrogens is 208 g/mol. The zero-order chi connectivity index (χ0) is 12.1. The number of nitrogens with zero attached hydrogens (tertiary/aromatic N) is 1. The highest BCUT2D eigenvalue weighted by atomic mass is 16.6. The van der Waals surface area contributed by atoms with E-state index in [0.717, 1.165) is 18.9 Å². The number of anilines is 1. The minimum Gasteiger partial charge on any atom is -0.508 e. The molecule has 0 saturated heterocycles. The number of nitrogens with one attached hydrogen (secondary N) is 1. The Morgan fingerprint density at radius 1 is 1.44 bits per heavy atom. The largest absolute Gasteiger partial charge is 0.508 e. The minimum absolute atomic E-state index is 0.0908. The van der Waals surface area contributed by atoms with E-state index in [2.05, 4.69) is 5.32 Å². The molecule has 0 fully saturated rings. The van der Waals surface area contributed by atoms with Gasteiger partial charge in [-0.15, -0.1) is 0 Å². The highest BCUT2D eigenvalue weighted by Gasteiger charge is 2.16. The number of aromatic hydroxyl groups is 1. The fraction of sp³-hybridized carbons (Fsp3) is 0.455. The molecule has 2 N–H and O–H groups in total. The van der Waals surface area contributed by atoms with Gasteiger partial charge in [0.25, 0.3) is 5.69 Å². The zero-order valence-corrected chi connectivity index (χ0v) is 9.43. The predicted molar refractivity (Wildman–Crippen MR) is 62.8 cm³/mol. The van der Waals surface area contributed by atoms with Crippen molar-refractivity contribution in [2.75, 3.05) is 5.32 Å². The number of hydrogen-bond donors (Lipinski definition) is 2. The Balaban J connectivity index is 2.98. The average molecular weight is 224 g/mol. The van der Waals surface area contributed by atoms with Crippen molar-refractivity contribution in [2.24, 2.45) is 0 Å². The van der Waals surface area contributed by atoms with E-state index in [0.29, 0.717) is 5.69 Å². The Labute approximate surface area is 94.3 Å². The van der Waals surface area contributed by atoms with Crippen LogP contribution >= 0.6 is 0 Å². The molecule has 0 aliphatic carbocycles. The Morgan fingerprint density at radius 2 is 2.06 bits per heavy atom. The van der Waals surface area contributed by atoms with Crippen molar-refractivity contribution in [3.05, 3.63) is 28.3 Å². The molecule has 0 atom stereocenters. The van der Waals surface area contributed by atoms with E-state index >= 15 is 0 Å². The summed E-state index contributed by atoms with van der Waals surface area (Å²) in [5.74, 6) is -0.0956. The quantitative estimate of drug-likeness (QED) is 0.458. The lowest BCUT2D eigenvalue weighted by Gasteiger charge is -2.16. The maximum absolute atomic E-state index is 10.8. The molecule has 16 heavy (non-hydrogen) atoms. The minimum atomic E-state index is -0.496. The van der Waals surface area contributed by atoms with E-state index < -0.39 is 4.92 Å². The first-order valence-electron chi connectivity index (χ1n) is 5.32. The van der Waals surface area contributed by atoms with Crippen molar-refractivity contribution in [1.82, 2.24) is 0 Å². The van der Waals surface area contributed by atoms with Crippen LogP contribution in [-0.2, 0) is 0 Å². The molecule has 0 aromatic heterocycles. The monoisotopic (exact) mass is 224 g/mol. The summed E-state index contributed by atoms with van der Waals surface area (Å²) in [5.41, 5.74) is 0.364. The summed E-state index contributed by atoms with van der Waals surface area (Å²) in [7, 11) is 0. The van der Waals surface area contributed by atoms with Gasteiger partial charge in [-0.3, -0.25) is 10.1 Å². The van der Waals surface area contributed by atoms with Gasteiger partial charge in [-0.05, 0) is 25.0 Å². The summed E-state index contributed by atoms with van der Waals surface area (Å²) < 4.78 is 0. The molecule has 5 nitrogen and oxygen atoms in total. The highest BCUT2D eigenvalue weighted by molar-refractivity contribution is 5.64. The van der Waals surface area contributed by atoms with E-state index in [1.165, 1.54) is 12.1 Å². The van der Waals surface area contributed by atoms with Gasteiger partial charge in [0.2, 0.25) is 0 Å². The molecule has 0 heterocycles. The van der Waals surface area contributed by atoms with Gasteiger partial charge in [0, 0.05) is 6.04 Å². The SMILES string of the molecule is CCC(CC)Nc1ccc(O)cc1[N+](=O)[O-]. The van der Waals surface area contributed by atoms with Crippen molar-refractivity contribution in [3.8, 4) is 5.75 Å². The van der Waals surface area contributed by atoms with Crippen LogP contribution in [0.1, 0.15) is 26.7 Å². The van der Waals surface area contributed by atoms with Crippen LogP contribution in [0, 0.1) is 10.1 Å². The fourth-order valence-electron chi connectivity index (χ4n) is 1.51. The van der Waals surface area contributed by atoms with E-state index in [9.17, 15) is 15.2 Å². The van der Waals surface area contributed by atoms with Crippen LogP contribution in [0.2, 0.25) is 0 Å². The van der Waals surface area contributed by atoms with Crippen LogP contribution in [0.4, 0.5) is 11.4 Å². The predicted octanol–water partition coefficient (Wildman–Crippen LogP) is 2.90. The van der Waals surface area contributed by atoms with E-state index in [4.69, 9.17) is 0 Å². The summed E-state index contributed by atoms with van der Waals surface area (Å²) in [6.45, 7) is 4.04. The van der Waals surface area contributed by atoms with Crippen LogP contribution in [-0.4, -0.2) is 16.1 Å².